The van der Waals surface area contributed by atoms with Crippen LogP contribution in [0.25, 0.3) is 11.4 Å². The van der Waals surface area contributed by atoms with Crippen molar-refractivity contribution in [1.82, 2.24) is 39.3 Å². The van der Waals surface area contributed by atoms with E-state index in [0.717, 1.165) is 11.4 Å². The second kappa shape index (κ2) is 43.5. The highest BCUT2D eigenvalue weighted by Gasteiger charge is 2.57. The number of ketones is 2. The molecule has 0 aromatic carbocycles. The Morgan fingerprint density at radius 3 is 1.34 bits per heavy atom. The van der Waals surface area contributed by atoms with Gasteiger partial charge in [-0.1, -0.05) is 73.1 Å². The second-order valence-corrected chi connectivity index (χ2v) is 34.6. The van der Waals surface area contributed by atoms with Crippen LogP contribution in [-0.2, 0) is 99.0 Å². The van der Waals surface area contributed by atoms with Gasteiger partial charge in [-0.2, -0.15) is 10.2 Å². The monoisotopic (exact) mass is 1750 g/mol. The third-order valence-electron chi connectivity index (χ3n) is 24.3. The molecular formula is C85H130N14O25+2. The Morgan fingerprint density at radius 2 is 0.984 bits per heavy atom. The normalized spacial score (nSPS) is 36.6. The summed E-state index contributed by atoms with van der Waals surface area (Å²) < 4.78 is 73.9. The summed E-state index contributed by atoms with van der Waals surface area (Å²) in [5.41, 5.74) is -3.68. The molecule has 688 valence electrons. The molecular weight excluding hydrogens is 1620 g/mol. The van der Waals surface area contributed by atoms with E-state index in [-0.39, 0.29) is 120 Å². The molecule has 6 saturated heterocycles. The summed E-state index contributed by atoms with van der Waals surface area (Å²) in [5.74, 6) is -11.6. The number of aromatic nitrogens is 6. The van der Waals surface area contributed by atoms with Crippen LogP contribution in [0, 0.1) is 57.2 Å². The molecule has 0 radical (unpaired) electrons. The number of Topliss-reactive ketones (excluding diaryl/α,β-unsaturated/α-hetero) is 2. The van der Waals surface area contributed by atoms with Crippen molar-refractivity contribution in [2.75, 3.05) is 54.6 Å². The molecule has 0 aliphatic carbocycles. The largest absolute Gasteiger partial charge is 0.459 e. The topological polar surface area (TPSA) is 464 Å². The Bertz CT molecular complexity index is 4340. The number of ether oxygens (including phenoxy) is 11. The molecule has 5 N–H and O–H groups in total. The number of fused-ring (bicyclic) bond motifs is 10. The molecule has 39 heteroatoms. The van der Waals surface area contributed by atoms with Crippen molar-refractivity contribution in [3.63, 3.8) is 0 Å². The number of rotatable bonds is 19. The van der Waals surface area contributed by atoms with Gasteiger partial charge >= 0.3 is 28.0 Å². The second-order valence-electron chi connectivity index (χ2n) is 34.6. The summed E-state index contributed by atoms with van der Waals surface area (Å²) in [4.78, 5) is 119. The highest BCUT2D eigenvalue weighted by Crippen LogP contribution is 2.44. The number of aliphatic hydroxyl groups is 3. The SMILES string of the molecule is C.CC[C@H]1OC(=O)[C@H](C)C(=O)[C@H](C)[C@@H](O[C@@H]2O[C@H](C)C[C@H](N(C)C)[C@H]2O)[C@@]2(C)C[C@@H](C)/C(=N\[N+](=O)O)[C@H](C)[C@@H](OC/C(=N\OCc3ccc(-n4cccn4)cn3)CO2)[C@]1(C)O.CC[C@H]1OC(=O)[C@H](C)C(=O)[C@H](C)[C@@H](O[C@@H]2O[C@H](C)C[C@H](N(C)C)[C@H]2OC(C)=O)[C@@]2(C)C[C@@H](C)/C(=N\[N+](=O)O)[C@H](C)[C@@H](OC/C(=N\OCc3ccc(-n4cccn4)cn3)CO2)[C@]1(C)O. The van der Waals surface area contributed by atoms with Crippen molar-refractivity contribution < 1.29 is 122 Å². The van der Waals surface area contributed by atoms with Crippen LogP contribution in [0.4, 0.5) is 0 Å². The first-order valence-electron chi connectivity index (χ1n) is 41.9. The van der Waals surface area contributed by atoms with E-state index >= 15 is 0 Å². The van der Waals surface area contributed by atoms with Gasteiger partial charge in [0.1, 0.15) is 74.0 Å². The number of oxime groups is 2. The smallest absolute Gasteiger partial charge is 0.387 e. The Kier molecular flexibility index (Phi) is 35.2. The highest BCUT2D eigenvalue weighted by atomic mass is 16.7. The van der Waals surface area contributed by atoms with Crippen molar-refractivity contribution >= 4 is 52.3 Å². The number of nitrogens with zero attached hydrogens (tertiary/aromatic N) is 14. The van der Waals surface area contributed by atoms with Crippen molar-refractivity contribution in [2.24, 2.45) is 67.9 Å². The lowest BCUT2D eigenvalue weighted by Crippen LogP contribution is -2.60. The minimum atomic E-state index is -1.97. The molecule has 4 aromatic heterocycles. The maximum Gasteiger partial charge on any atom is 0.387 e. The molecule has 4 bridgehead atoms. The number of likely N-dealkylation sites (N-methyl/N-ethyl adjacent to an activating group) is 2. The molecule has 0 spiro atoms. The predicted octanol–water partition coefficient (Wildman–Crippen LogP) is 7.69. The van der Waals surface area contributed by atoms with E-state index in [2.05, 4.69) is 40.7 Å². The minimum Gasteiger partial charge on any atom is -0.459 e. The molecule has 10 heterocycles. The Morgan fingerprint density at radius 1 is 0.589 bits per heavy atom. The van der Waals surface area contributed by atoms with Gasteiger partial charge < -0.3 is 86.9 Å². The van der Waals surface area contributed by atoms with Crippen molar-refractivity contribution in [2.45, 2.75) is 285 Å². The molecule has 0 saturated carbocycles. The maximum atomic E-state index is 14.6. The first-order chi connectivity index (χ1) is 57.9. The van der Waals surface area contributed by atoms with E-state index in [1.807, 2.05) is 64.0 Å². The summed E-state index contributed by atoms with van der Waals surface area (Å²) in [6, 6.07) is 10.1. The summed E-state index contributed by atoms with van der Waals surface area (Å²) in [5, 5.41) is 80.6. The molecule has 26 atom stereocenters. The predicted molar refractivity (Wildman–Crippen MR) is 446 cm³/mol. The standard InChI is InChI=1S/C43H64N7O13.C41H62N7O12.CH4/c1-12-34-43(9,54)39-26(4)35(46-50(55)56)24(2)19-42(8,58-22-31(21-57-39)47-59-23-30-14-15-32(20-44-30)49-17-13-16-45-49)38(27(5)36(52)28(6)40(53)62-34)63-41-37(61-29(7)51)33(48(10)11)18-25(3)60-41;1-11-32-41(8,52)37-25(4)33(44-48(53)54)23(2)18-40(7,56-21-29(20-55-37)45-57-22-28-13-14-30(19-42-28)47-16-12-15-43-47)36(26(5)34(49)27(6)38(51)59-32)60-39-35(50)31(46(9)10)17-24(3)58-39;/h13-17,20,24-28,33-34,37-39,41,54H,12,18-19,21-23H2,1-11H3,(H,55,56);12-16,19,23-27,31-32,35-37,39,50,52H,11,17-18,20-22H2,1-10H3,(H,53,54);1H4/q2*+1;/b46-35+,47-31+;44-33+,45-29+;/t24-,25-,26+,27+,28-,33+,34-,37-,38-,39-,41+,42-,43-;23-,24-,25+,26+,27-,31+,32-,35-,36-,37-,39+,40-,41-;/m11./s1. The Hall–Kier alpha value is -8.97. The van der Waals surface area contributed by atoms with Gasteiger partial charge in [0.15, 0.2) is 43.5 Å². The van der Waals surface area contributed by atoms with E-state index in [0.29, 0.717) is 24.2 Å². The zero-order valence-corrected chi connectivity index (χ0v) is 74.3. The minimum absolute atomic E-state index is 0. The third kappa shape index (κ3) is 24.4. The van der Waals surface area contributed by atoms with Gasteiger partial charge in [-0.3, -0.25) is 33.9 Å². The number of pyridine rings is 2. The van der Waals surface area contributed by atoms with Crippen LogP contribution < -0.4 is 0 Å². The molecule has 6 aliphatic rings. The van der Waals surface area contributed by atoms with Crippen LogP contribution in [0.5, 0.6) is 0 Å². The van der Waals surface area contributed by atoms with Crippen molar-refractivity contribution in [1.29, 1.82) is 0 Å². The number of hydrazone groups is 2. The van der Waals surface area contributed by atoms with Crippen molar-refractivity contribution in [3.05, 3.63) is 94.8 Å². The highest BCUT2D eigenvalue weighted by molar-refractivity contribution is 6.01. The lowest BCUT2D eigenvalue weighted by atomic mass is 9.73. The quantitative estimate of drug-likeness (QED) is 0.0260. The fraction of sp³-hybridized carbons (Fsp3) is 0.706. The van der Waals surface area contributed by atoms with Crippen LogP contribution >= 0.6 is 0 Å². The number of cyclic esters (lactones) is 2. The summed E-state index contributed by atoms with van der Waals surface area (Å²) in [7, 11) is 7.38. The number of carbonyl (C=O) groups is 5. The van der Waals surface area contributed by atoms with Gasteiger partial charge in [-0.25, -0.2) is 19.8 Å². The van der Waals surface area contributed by atoms with E-state index in [1.54, 1.807) is 140 Å². The molecule has 0 unspecified atom stereocenters. The van der Waals surface area contributed by atoms with Gasteiger partial charge in [-0.15, -0.1) is 0 Å². The number of aliphatic hydroxyl groups excluding tert-OH is 1. The van der Waals surface area contributed by atoms with Gasteiger partial charge in [0, 0.05) is 73.3 Å². The maximum absolute atomic E-state index is 14.6. The van der Waals surface area contributed by atoms with Crippen LogP contribution in [0.15, 0.2) is 94.1 Å². The summed E-state index contributed by atoms with van der Waals surface area (Å²) >= 11 is 0. The molecule has 6 aliphatic heterocycles. The van der Waals surface area contributed by atoms with Crippen LogP contribution in [0.2, 0.25) is 0 Å². The van der Waals surface area contributed by atoms with Crippen LogP contribution in [0.3, 0.4) is 0 Å². The number of hydrogen-bond donors (Lipinski definition) is 5. The summed E-state index contributed by atoms with van der Waals surface area (Å²) in [6.45, 7) is 26.5. The zero-order valence-electron chi connectivity index (χ0n) is 74.3. The third-order valence-corrected chi connectivity index (χ3v) is 24.3. The number of esters is 3. The van der Waals surface area contributed by atoms with E-state index in [1.165, 1.54) is 34.6 Å². The lowest BCUT2D eigenvalue weighted by Gasteiger charge is -2.48. The van der Waals surface area contributed by atoms with E-state index < -0.39 is 171 Å². The summed E-state index contributed by atoms with van der Waals surface area (Å²) in [6.07, 6.45) is -1.24. The van der Waals surface area contributed by atoms with E-state index in [9.17, 15) is 59.5 Å². The first-order valence-corrected chi connectivity index (χ1v) is 41.9. The first kappa shape index (κ1) is 100. The molecule has 39 nitrogen and oxygen atoms in total. The molecule has 6 fully saturated rings. The number of carbonyl (C=O) groups excluding carboxylic acids is 5. The van der Waals surface area contributed by atoms with E-state index in [4.69, 9.17) is 61.8 Å². The molecule has 4 aromatic rings. The van der Waals surface area contributed by atoms with Gasteiger partial charge in [0.05, 0.1) is 126 Å². The average molecular weight is 1750 g/mol. The lowest BCUT2D eigenvalue weighted by molar-refractivity contribution is -0.796. The van der Waals surface area contributed by atoms with Gasteiger partial charge in [0.2, 0.25) is 0 Å². The zero-order chi connectivity index (χ0) is 90.5. The van der Waals surface area contributed by atoms with Gasteiger partial charge in [0.25, 0.3) is 0 Å². The molecule has 10 rings (SSSR count). The van der Waals surface area contributed by atoms with Crippen LogP contribution in [-0.4, -0.2) is 290 Å². The van der Waals surface area contributed by atoms with Crippen LogP contribution in [0.1, 0.15) is 175 Å². The Balaban J connectivity index is 0.000000305. The Labute approximate surface area is 723 Å². The van der Waals surface area contributed by atoms with Crippen molar-refractivity contribution in [3.8, 4) is 11.4 Å². The fourth-order valence-electron chi connectivity index (χ4n) is 17.8. The fourth-order valence-corrected chi connectivity index (χ4v) is 17.8. The average Bonchev–Trinajstić information content (AvgIpc) is 1.15. The number of hydrogen-bond acceptors (Lipinski definition) is 31. The van der Waals surface area contributed by atoms with Gasteiger partial charge in [-0.05, 0) is 159 Å². The molecule has 124 heavy (non-hydrogen) atoms. The molecule has 0 amide bonds.